The number of hydrogen-bond donors (Lipinski definition) is 1. The highest BCUT2D eigenvalue weighted by Crippen LogP contribution is 2.21. The van der Waals surface area contributed by atoms with E-state index in [2.05, 4.69) is 20.3 Å². The number of nitrogens with zero attached hydrogens (tertiary/aromatic N) is 5. The SMILES string of the molecule is Fc1cnc(NCCCn2ccnc2)nc1N1CCCC1. The zero-order chi connectivity index (χ0) is 14.5. The Kier molecular flexibility index (Phi) is 4.28. The van der Waals surface area contributed by atoms with Gasteiger partial charge in [0.2, 0.25) is 5.95 Å². The highest BCUT2D eigenvalue weighted by atomic mass is 19.1. The Morgan fingerprint density at radius 3 is 2.90 bits per heavy atom. The molecule has 112 valence electrons. The molecule has 0 saturated carbocycles. The molecule has 7 heteroatoms. The van der Waals surface area contributed by atoms with Crippen LogP contribution in [0, 0.1) is 5.82 Å². The van der Waals surface area contributed by atoms with E-state index < -0.39 is 0 Å². The minimum atomic E-state index is -0.346. The third kappa shape index (κ3) is 3.48. The molecule has 1 aliphatic heterocycles. The summed E-state index contributed by atoms with van der Waals surface area (Å²) in [6.45, 7) is 3.36. The van der Waals surface area contributed by atoms with Crippen molar-refractivity contribution < 1.29 is 4.39 Å². The molecule has 0 radical (unpaired) electrons. The van der Waals surface area contributed by atoms with Crippen molar-refractivity contribution in [3.05, 3.63) is 30.7 Å². The van der Waals surface area contributed by atoms with E-state index in [9.17, 15) is 4.39 Å². The Labute approximate surface area is 123 Å². The van der Waals surface area contributed by atoms with Gasteiger partial charge in [-0.3, -0.25) is 0 Å². The first-order valence-electron chi connectivity index (χ1n) is 7.30. The predicted octanol–water partition coefficient (Wildman–Crippen LogP) is 1.91. The Morgan fingerprint density at radius 1 is 1.29 bits per heavy atom. The van der Waals surface area contributed by atoms with Crippen LogP contribution >= 0.6 is 0 Å². The first kappa shape index (κ1) is 13.8. The summed E-state index contributed by atoms with van der Waals surface area (Å²) in [5.41, 5.74) is 0. The minimum Gasteiger partial charge on any atom is -0.354 e. The van der Waals surface area contributed by atoms with Crippen molar-refractivity contribution in [3.63, 3.8) is 0 Å². The largest absolute Gasteiger partial charge is 0.354 e. The summed E-state index contributed by atoms with van der Waals surface area (Å²) in [4.78, 5) is 14.3. The molecule has 0 bridgehead atoms. The van der Waals surface area contributed by atoms with Crippen LogP contribution in [0.3, 0.4) is 0 Å². The minimum absolute atomic E-state index is 0.346. The smallest absolute Gasteiger partial charge is 0.224 e. The molecule has 21 heavy (non-hydrogen) atoms. The second-order valence-corrected chi connectivity index (χ2v) is 5.14. The van der Waals surface area contributed by atoms with Crippen molar-refractivity contribution >= 4 is 11.8 Å². The van der Waals surface area contributed by atoms with Gasteiger partial charge in [0.15, 0.2) is 11.6 Å². The fraction of sp³-hybridized carbons (Fsp3) is 0.500. The van der Waals surface area contributed by atoms with E-state index in [0.717, 1.165) is 45.4 Å². The molecule has 0 atom stereocenters. The molecule has 0 aliphatic carbocycles. The lowest BCUT2D eigenvalue weighted by atomic mass is 10.4. The van der Waals surface area contributed by atoms with Crippen molar-refractivity contribution in [3.8, 4) is 0 Å². The van der Waals surface area contributed by atoms with E-state index >= 15 is 0 Å². The maximum absolute atomic E-state index is 13.8. The lowest BCUT2D eigenvalue weighted by Gasteiger charge is -2.17. The molecule has 0 spiro atoms. The zero-order valence-corrected chi connectivity index (χ0v) is 11.9. The van der Waals surface area contributed by atoms with Crippen LogP contribution in [0.25, 0.3) is 0 Å². The summed E-state index contributed by atoms with van der Waals surface area (Å²) < 4.78 is 15.8. The van der Waals surface area contributed by atoms with Crippen LogP contribution in [-0.4, -0.2) is 39.2 Å². The fourth-order valence-electron chi connectivity index (χ4n) is 2.47. The number of imidazole rings is 1. The molecule has 1 N–H and O–H groups in total. The predicted molar refractivity (Wildman–Crippen MR) is 78.8 cm³/mol. The Hall–Kier alpha value is -2.18. The van der Waals surface area contributed by atoms with Gasteiger partial charge in [0.25, 0.3) is 0 Å². The molecule has 1 fully saturated rings. The maximum Gasteiger partial charge on any atom is 0.224 e. The van der Waals surface area contributed by atoms with Gasteiger partial charge >= 0.3 is 0 Å². The third-order valence-corrected chi connectivity index (χ3v) is 3.57. The summed E-state index contributed by atoms with van der Waals surface area (Å²) in [6, 6.07) is 0. The molecule has 0 amide bonds. The summed E-state index contributed by atoms with van der Waals surface area (Å²) >= 11 is 0. The van der Waals surface area contributed by atoms with Crippen LogP contribution in [0.15, 0.2) is 24.9 Å². The van der Waals surface area contributed by atoms with Crippen molar-refractivity contribution in [1.29, 1.82) is 0 Å². The second kappa shape index (κ2) is 6.51. The zero-order valence-electron chi connectivity index (χ0n) is 11.9. The van der Waals surface area contributed by atoms with E-state index in [4.69, 9.17) is 0 Å². The highest BCUT2D eigenvalue weighted by molar-refractivity contribution is 5.44. The highest BCUT2D eigenvalue weighted by Gasteiger charge is 2.18. The van der Waals surface area contributed by atoms with Crippen molar-refractivity contribution in [1.82, 2.24) is 19.5 Å². The van der Waals surface area contributed by atoms with E-state index in [0.29, 0.717) is 11.8 Å². The van der Waals surface area contributed by atoms with Crippen LogP contribution in [0.2, 0.25) is 0 Å². The van der Waals surface area contributed by atoms with Crippen LogP contribution in [0.1, 0.15) is 19.3 Å². The molecule has 1 aliphatic rings. The van der Waals surface area contributed by atoms with Crippen molar-refractivity contribution in [2.45, 2.75) is 25.8 Å². The van der Waals surface area contributed by atoms with Gasteiger partial charge in [-0.1, -0.05) is 0 Å². The van der Waals surface area contributed by atoms with E-state index in [1.807, 2.05) is 15.7 Å². The summed E-state index contributed by atoms with van der Waals surface area (Å²) in [7, 11) is 0. The van der Waals surface area contributed by atoms with Crippen LogP contribution in [0.5, 0.6) is 0 Å². The summed E-state index contributed by atoms with van der Waals surface area (Å²) in [6.07, 6.45) is 9.85. The molecular formula is C14H19FN6. The van der Waals surface area contributed by atoms with Gasteiger partial charge in [-0.15, -0.1) is 0 Å². The number of halogens is 1. The summed E-state index contributed by atoms with van der Waals surface area (Å²) in [5, 5.41) is 3.15. The molecule has 2 aromatic rings. The fourth-order valence-corrected chi connectivity index (χ4v) is 2.47. The molecule has 0 unspecified atom stereocenters. The van der Waals surface area contributed by atoms with E-state index in [-0.39, 0.29) is 5.82 Å². The maximum atomic E-state index is 13.8. The number of rotatable bonds is 6. The van der Waals surface area contributed by atoms with Crippen molar-refractivity contribution in [2.24, 2.45) is 0 Å². The average Bonchev–Trinajstić information content (AvgIpc) is 3.18. The topological polar surface area (TPSA) is 58.9 Å². The Balaban J connectivity index is 1.54. The molecule has 0 aromatic carbocycles. The number of hydrogen-bond acceptors (Lipinski definition) is 5. The van der Waals surface area contributed by atoms with Gasteiger partial charge in [-0.05, 0) is 19.3 Å². The van der Waals surface area contributed by atoms with Gasteiger partial charge in [0.05, 0.1) is 12.5 Å². The van der Waals surface area contributed by atoms with Gasteiger partial charge in [0, 0.05) is 38.6 Å². The van der Waals surface area contributed by atoms with Crippen LogP contribution < -0.4 is 10.2 Å². The number of nitrogens with one attached hydrogen (secondary N) is 1. The lowest BCUT2D eigenvalue weighted by Crippen LogP contribution is -2.21. The molecular weight excluding hydrogens is 271 g/mol. The van der Waals surface area contributed by atoms with Gasteiger partial charge in [0.1, 0.15) is 0 Å². The number of anilines is 2. The van der Waals surface area contributed by atoms with Crippen molar-refractivity contribution in [2.75, 3.05) is 29.9 Å². The quantitative estimate of drug-likeness (QED) is 0.824. The normalized spacial score (nSPS) is 14.6. The lowest BCUT2D eigenvalue weighted by molar-refractivity contribution is 0.607. The monoisotopic (exact) mass is 290 g/mol. The van der Waals surface area contributed by atoms with Gasteiger partial charge in [-0.25, -0.2) is 14.4 Å². The molecule has 3 heterocycles. The van der Waals surface area contributed by atoms with Gasteiger partial charge in [-0.2, -0.15) is 4.98 Å². The number of aromatic nitrogens is 4. The third-order valence-electron chi connectivity index (χ3n) is 3.57. The van der Waals surface area contributed by atoms with Crippen LogP contribution in [-0.2, 0) is 6.54 Å². The first-order chi connectivity index (χ1) is 10.3. The summed E-state index contributed by atoms with van der Waals surface area (Å²) in [5.74, 6) is 0.560. The average molecular weight is 290 g/mol. The molecule has 6 nitrogen and oxygen atoms in total. The Bertz CT molecular complexity index is 565. The standard InChI is InChI=1S/C14H19FN6/c15-12-10-18-14(19-13(12)21-7-1-2-8-21)17-4-3-6-20-9-5-16-11-20/h5,9-11H,1-4,6-8H2,(H,17,18,19). The Morgan fingerprint density at radius 2 is 2.14 bits per heavy atom. The molecule has 2 aromatic heterocycles. The number of aryl methyl sites for hydroxylation is 1. The first-order valence-corrected chi connectivity index (χ1v) is 7.30. The molecule has 1 saturated heterocycles. The van der Waals surface area contributed by atoms with E-state index in [1.165, 1.54) is 6.20 Å². The molecule has 3 rings (SSSR count). The van der Waals surface area contributed by atoms with Gasteiger partial charge < -0.3 is 14.8 Å². The van der Waals surface area contributed by atoms with E-state index in [1.54, 1.807) is 12.5 Å². The van der Waals surface area contributed by atoms with Crippen LogP contribution in [0.4, 0.5) is 16.2 Å². The second-order valence-electron chi connectivity index (χ2n) is 5.14.